The zero-order valence-corrected chi connectivity index (χ0v) is 13.7. The molecule has 4 aromatic rings. The fraction of sp³-hybridized carbons (Fsp3) is 0.100. The molecule has 1 N–H and O–H groups in total. The predicted octanol–water partition coefficient (Wildman–Crippen LogP) is 4.59. The summed E-state index contributed by atoms with van der Waals surface area (Å²) in [6.45, 7) is 0. The van der Waals surface area contributed by atoms with E-state index in [9.17, 15) is 0 Å². The molecule has 0 atom stereocenters. The van der Waals surface area contributed by atoms with Gasteiger partial charge in [0.05, 0.1) is 28.6 Å². The maximum atomic E-state index is 4.75. The highest BCUT2D eigenvalue weighted by molar-refractivity contribution is 6.08. The summed E-state index contributed by atoms with van der Waals surface area (Å²) in [6, 6.07) is 20.4. The molecule has 24 heavy (non-hydrogen) atoms. The van der Waals surface area contributed by atoms with Crippen molar-refractivity contribution in [1.29, 1.82) is 0 Å². The highest BCUT2D eigenvalue weighted by atomic mass is 15.1. The van der Waals surface area contributed by atoms with Crippen LogP contribution in [0, 0.1) is 0 Å². The molecule has 4 nitrogen and oxygen atoms in total. The van der Waals surface area contributed by atoms with Gasteiger partial charge in [-0.3, -0.25) is 0 Å². The molecule has 4 heteroatoms. The lowest BCUT2D eigenvalue weighted by atomic mass is 10.1. The van der Waals surface area contributed by atoms with E-state index in [4.69, 9.17) is 4.98 Å². The van der Waals surface area contributed by atoms with Crippen LogP contribution in [-0.4, -0.2) is 24.1 Å². The van der Waals surface area contributed by atoms with Crippen LogP contribution in [-0.2, 0) is 0 Å². The molecule has 0 saturated carbocycles. The van der Waals surface area contributed by atoms with Gasteiger partial charge >= 0.3 is 0 Å². The molecule has 2 aromatic carbocycles. The summed E-state index contributed by atoms with van der Waals surface area (Å²) in [4.78, 5) is 11.2. The van der Waals surface area contributed by atoms with E-state index in [-0.39, 0.29) is 0 Å². The molecule has 2 heterocycles. The molecular formula is C20H18N4. The Bertz CT molecular complexity index is 953. The van der Waals surface area contributed by atoms with Crippen molar-refractivity contribution in [1.82, 2.24) is 9.97 Å². The lowest BCUT2D eigenvalue weighted by Gasteiger charge is -2.15. The number of rotatable bonds is 3. The summed E-state index contributed by atoms with van der Waals surface area (Å²) in [6.07, 6.45) is 1.86. The van der Waals surface area contributed by atoms with Gasteiger partial charge in [-0.2, -0.15) is 0 Å². The molecule has 4 rings (SSSR count). The minimum atomic E-state index is 0.935. The normalized spacial score (nSPS) is 10.9. The molecule has 0 spiro atoms. The number of nitrogens with one attached hydrogen (secondary N) is 1. The van der Waals surface area contributed by atoms with Crippen molar-refractivity contribution in [2.75, 3.05) is 24.3 Å². The van der Waals surface area contributed by atoms with Crippen LogP contribution in [0.1, 0.15) is 0 Å². The predicted molar refractivity (Wildman–Crippen MR) is 101 cm³/mol. The number of para-hydroxylation sites is 2. The lowest BCUT2D eigenvalue weighted by molar-refractivity contribution is 1.07. The van der Waals surface area contributed by atoms with Gasteiger partial charge in [-0.1, -0.05) is 36.4 Å². The second-order valence-electron chi connectivity index (χ2n) is 5.95. The number of benzene rings is 2. The zero-order valence-electron chi connectivity index (χ0n) is 13.7. The second kappa shape index (κ2) is 5.81. The van der Waals surface area contributed by atoms with Crippen LogP contribution in [0.2, 0.25) is 0 Å². The van der Waals surface area contributed by atoms with Crippen LogP contribution in [0.4, 0.5) is 17.2 Å². The van der Waals surface area contributed by atoms with Gasteiger partial charge in [0.25, 0.3) is 0 Å². The van der Waals surface area contributed by atoms with E-state index in [1.54, 1.807) is 0 Å². The molecule has 0 aliphatic carbocycles. The first-order valence-electron chi connectivity index (χ1n) is 7.90. The molecule has 0 radical (unpaired) electrons. The summed E-state index contributed by atoms with van der Waals surface area (Å²) >= 11 is 0. The molecule has 0 aliphatic heterocycles. The summed E-state index contributed by atoms with van der Waals surface area (Å²) in [5.74, 6) is 0.935. The SMILES string of the molecule is CN(C)c1ccc(Nc2c3ccccc3nc3ccccc23)cn1. The van der Waals surface area contributed by atoms with E-state index >= 15 is 0 Å². The number of nitrogens with zero attached hydrogens (tertiary/aromatic N) is 3. The monoisotopic (exact) mass is 314 g/mol. The first kappa shape index (κ1) is 14.5. The lowest BCUT2D eigenvalue weighted by Crippen LogP contribution is -2.10. The van der Waals surface area contributed by atoms with Gasteiger partial charge in [0, 0.05) is 24.9 Å². The first-order chi connectivity index (χ1) is 11.7. The summed E-state index contributed by atoms with van der Waals surface area (Å²) < 4.78 is 0. The van der Waals surface area contributed by atoms with Crippen LogP contribution in [0.5, 0.6) is 0 Å². The van der Waals surface area contributed by atoms with Crippen molar-refractivity contribution in [2.24, 2.45) is 0 Å². The quantitative estimate of drug-likeness (QED) is 0.561. The fourth-order valence-electron chi connectivity index (χ4n) is 2.84. The number of aromatic nitrogens is 2. The minimum Gasteiger partial charge on any atom is -0.363 e. The average molecular weight is 314 g/mol. The molecule has 0 aliphatic rings. The Morgan fingerprint density at radius 3 is 1.96 bits per heavy atom. The van der Waals surface area contributed by atoms with E-state index in [1.807, 2.05) is 73.7 Å². The van der Waals surface area contributed by atoms with Crippen LogP contribution in [0.15, 0.2) is 66.9 Å². The number of hydrogen-bond acceptors (Lipinski definition) is 4. The summed E-state index contributed by atoms with van der Waals surface area (Å²) in [7, 11) is 3.97. The first-order valence-corrected chi connectivity index (χ1v) is 7.90. The van der Waals surface area contributed by atoms with Gasteiger partial charge < -0.3 is 10.2 Å². The highest BCUT2D eigenvalue weighted by Gasteiger charge is 2.09. The van der Waals surface area contributed by atoms with Gasteiger partial charge in [-0.25, -0.2) is 9.97 Å². The molecule has 0 saturated heterocycles. The summed E-state index contributed by atoms with van der Waals surface area (Å²) in [5, 5.41) is 5.74. The molecule has 118 valence electrons. The smallest absolute Gasteiger partial charge is 0.128 e. The van der Waals surface area contributed by atoms with Crippen molar-refractivity contribution >= 4 is 39.0 Å². The van der Waals surface area contributed by atoms with Gasteiger partial charge in [0.15, 0.2) is 0 Å². The molecule has 0 unspecified atom stereocenters. The van der Waals surface area contributed by atoms with Crippen LogP contribution in [0.25, 0.3) is 21.8 Å². The number of anilines is 3. The third-order valence-corrected chi connectivity index (χ3v) is 4.06. The van der Waals surface area contributed by atoms with Gasteiger partial charge in [0.1, 0.15) is 5.82 Å². The molecular weight excluding hydrogens is 296 g/mol. The Hall–Kier alpha value is -3.14. The fourth-order valence-corrected chi connectivity index (χ4v) is 2.84. The number of hydrogen-bond donors (Lipinski definition) is 1. The Balaban J connectivity index is 1.87. The van der Waals surface area contributed by atoms with Gasteiger partial charge in [-0.05, 0) is 24.3 Å². The third-order valence-electron chi connectivity index (χ3n) is 4.06. The van der Waals surface area contributed by atoms with E-state index in [0.29, 0.717) is 0 Å². The standard InChI is InChI=1S/C20H18N4/c1-24(2)19-12-11-14(13-21-19)22-20-15-7-3-5-9-17(15)23-18-10-6-4-8-16(18)20/h3-13H,1-2H3,(H,22,23). The number of pyridine rings is 2. The van der Waals surface area contributed by atoms with Crippen molar-refractivity contribution in [3.8, 4) is 0 Å². The van der Waals surface area contributed by atoms with Crippen molar-refractivity contribution in [3.63, 3.8) is 0 Å². The Kier molecular flexibility index (Phi) is 3.50. The van der Waals surface area contributed by atoms with Crippen LogP contribution in [0.3, 0.4) is 0 Å². The molecule has 0 amide bonds. The van der Waals surface area contributed by atoms with E-state index < -0.39 is 0 Å². The van der Waals surface area contributed by atoms with Crippen molar-refractivity contribution in [3.05, 3.63) is 66.9 Å². The van der Waals surface area contributed by atoms with Gasteiger partial charge in [-0.15, -0.1) is 0 Å². The van der Waals surface area contributed by atoms with Gasteiger partial charge in [0.2, 0.25) is 0 Å². The maximum Gasteiger partial charge on any atom is 0.128 e. The Morgan fingerprint density at radius 2 is 1.42 bits per heavy atom. The third kappa shape index (κ3) is 2.52. The maximum absolute atomic E-state index is 4.75. The largest absolute Gasteiger partial charge is 0.363 e. The van der Waals surface area contributed by atoms with E-state index in [2.05, 4.69) is 22.4 Å². The second-order valence-corrected chi connectivity index (χ2v) is 5.95. The zero-order chi connectivity index (χ0) is 16.5. The Morgan fingerprint density at radius 1 is 0.792 bits per heavy atom. The topological polar surface area (TPSA) is 41.0 Å². The molecule has 0 bridgehead atoms. The Labute approximate surface area is 140 Å². The van der Waals surface area contributed by atoms with Crippen molar-refractivity contribution < 1.29 is 0 Å². The summed E-state index contributed by atoms with van der Waals surface area (Å²) in [5.41, 5.74) is 3.99. The minimum absolute atomic E-state index is 0.935. The van der Waals surface area contributed by atoms with E-state index in [1.165, 1.54) is 0 Å². The van der Waals surface area contributed by atoms with Crippen LogP contribution < -0.4 is 10.2 Å². The molecule has 2 aromatic heterocycles. The number of fused-ring (bicyclic) bond motifs is 2. The van der Waals surface area contributed by atoms with Crippen molar-refractivity contribution in [2.45, 2.75) is 0 Å². The van der Waals surface area contributed by atoms with Crippen LogP contribution >= 0.6 is 0 Å². The highest BCUT2D eigenvalue weighted by Crippen LogP contribution is 2.32. The van der Waals surface area contributed by atoms with E-state index in [0.717, 1.165) is 39.0 Å². The average Bonchev–Trinajstić information content (AvgIpc) is 2.62. The molecule has 0 fully saturated rings.